The van der Waals surface area contributed by atoms with Crippen LogP contribution in [0.5, 0.6) is 5.88 Å². The van der Waals surface area contributed by atoms with Crippen LogP contribution in [0.1, 0.15) is 67.3 Å². The predicted molar refractivity (Wildman–Crippen MR) is 174 cm³/mol. The number of likely N-dealkylation sites (N-methyl/N-ethyl adjacent to an activating group) is 1. The number of fused-ring (bicyclic) bond motifs is 2. The van der Waals surface area contributed by atoms with Crippen molar-refractivity contribution < 1.29 is 22.7 Å². The lowest BCUT2D eigenvalue weighted by molar-refractivity contribution is -0.128. The largest absolute Gasteiger partial charge is 0.472 e. The summed E-state index contributed by atoms with van der Waals surface area (Å²) >= 11 is 0. The van der Waals surface area contributed by atoms with Crippen LogP contribution in [0, 0.1) is 13.8 Å². The highest BCUT2D eigenvalue weighted by Crippen LogP contribution is 2.36. The summed E-state index contributed by atoms with van der Waals surface area (Å²) in [7, 11) is -2.38. The molecular weight excluding hydrogens is 606 g/mol. The van der Waals surface area contributed by atoms with Crippen molar-refractivity contribution in [1.82, 2.24) is 34.9 Å². The van der Waals surface area contributed by atoms with Crippen molar-refractivity contribution >= 4 is 32.9 Å². The molecule has 2 aromatic carbocycles. The quantitative estimate of drug-likeness (QED) is 0.265. The summed E-state index contributed by atoms with van der Waals surface area (Å²) in [6, 6.07) is 12.3. The van der Waals surface area contributed by atoms with Crippen molar-refractivity contribution in [3.8, 4) is 5.88 Å². The van der Waals surface area contributed by atoms with Gasteiger partial charge in [0.25, 0.3) is 0 Å². The maximum atomic E-state index is 13.9. The van der Waals surface area contributed by atoms with E-state index in [0.29, 0.717) is 13.0 Å². The van der Waals surface area contributed by atoms with Crippen LogP contribution in [0.25, 0.3) is 11.0 Å². The third kappa shape index (κ3) is 6.47. The zero-order valence-electron chi connectivity index (χ0n) is 27.1. The summed E-state index contributed by atoms with van der Waals surface area (Å²) in [5, 5.41) is 14.1. The van der Waals surface area contributed by atoms with Gasteiger partial charge in [0.05, 0.1) is 12.1 Å². The Morgan fingerprint density at radius 3 is 2.63 bits per heavy atom. The number of pyridine rings is 1. The smallest absolute Gasteiger partial charge is 0.248 e. The number of ether oxygens (including phenoxy) is 1. The molecular formula is C33H41N7O5S. The van der Waals surface area contributed by atoms with Gasteiger partial charge in [0.15, 0.2) is 0 Å². The molecule has 1 unspecified atom stereocenters. The van der Waals surface area contributed by atoms with E-state index >= 15 is 0 Å². The SMILES string of the molecule is CC[C@@H]1CN(Cc2cc([C@H](CC(=O)NC(C)C(=O)NC)c3ccc4c(nnn4CC)c3C)ccc2C)S(=O)(=O)c2cccnc2O1. The fourth-order valence-electron chi connectivity index (χ4n) is 5.92. The summed E-state index contributed by atoms with van der Waals surface area (Å²) < 4.78 is 37.0. The van der Waals surface area contributed by atoms with Gasteiger partial charge in [-0.3, -0.25) is 9.59 Å². The average Bonchev–Trinajstić information content (AvgIpc) is 3.43. The molecule has 4 aromatic rings. The third-order valence-electron chi connectivity index (χ3n) is 8.68. The highest BCUT2D eigenvalue weighted by Gasteiger charge is 2.35. The van der Waals surface area contributed by atoms with Crippen LogP contribution in [0.3, 0.4) is 0 Å². The van der Waals surface area contributed by atoms with Crippen molar-refractivity contribution in [2.45, 2.75) is 83.5 Å². The van der Waals surface area contributed by atoms with Gasteiger partial charge in [0, 0.05) is 38.7 Å². The average molecular weight is 648 g/mol. The Hall–Kier alpha value is -4.36. The Morgan fingerprint density at radius 2 is 1.91 bits per heavy atom. The van der Waals surface area contributed by atoms with Gasteiger partial charge in [-0.05, 0) is 80.1 Å². The molecule has 46 heavy (non-hydrogen) atoms. The minimum atomic E-state index is -3.91. The Labute approximate surface area is 269 Å². The number of nitrogens with one attached hydrogen (secondary N) is 2. The highest BCUT2D eigenvalue weighted by molar-refractivity contribution is 7.89. The van der Waals surface area contributed by atoms with Gasteiger partial charge in [-0.15, -0.1) is 5.10 Å². The van der Waals surface area contributed by atoms with Crippen molar-refractivity contribution in [2.75, 3.05) is 13.6 Å². The monoisotopic (exact) mass is 647 g/mol. The molecule has 2 N–H and O–H groups in total. The lowest BCUT2D eigenvalue weighted by Crippen LogP contribution is -2.43. The first-order chi connectivity index (χ1) is 22.0. The summed E-state index contributed by atoms with van der Waals surface area (Å²) in [4.78, 5) is 29.8. The van der Waals surface area contributed by atoms with Crippen LogP contribution < -0.4 is 15.4 Å². The minimum absolute atomic E-state index is 0.0450. The topological polar surface area (TPSA) is 148 Å². The number of rotatable bonds is 10. The molecule has 0 radical (unpaired) electrons. The van der Waals surface area contributed by atoms with E-state index in [2.05, 4.69) is 25.9 Å². The lowest BCUT2D eigenvalue weighted by Gasteiger charge is -2.25. The highest BCUT2D eigenvalue weighted by atomic mass is 32.2. The Morgan fingerprint density at radius 1 is 1.13 bits per heavy atom. The first-order valence-corrected chi connectivity index (χ1v) is 17.0. The molecule has 2 amide bonds. The van der Waals surface area contributed by atoms with Crippen LogP contribution in [0.4, 0.5) is 0 Å². The second kappa shape index (κ2) is 13.6. The van der Waals surface area contributed by atoms with Crippen LogP contribution >= 0.6 is 0 Å². The van der Waals surface area contributed by atoms with E-state index in [1.54, 1.807) is 13.0 Å². The fourth-order valence-corrected chi connectivity index (χ4v) is 7.44. The molecule has 2 aromatic heterocycles. The Balaban J connectivity index is 1.56. The van der Waals surface area contributed by atoms with E-state index in [4.69, 9.17) is 4.74 Å². The number of hydrogen-bond donors (Lipinski definition) is 2. The number of amides is 2. The van der Waals surface area contributed by atoms with Crippen molar-refractivity contribution in [1.29, 1.82) is 0 Å². The Bertz CT molecular complexity index is 1870. The van der Waals surface area contributed by atoms with Crippen LogP contribution in [-0.2, 0) is 32.7 Å². The minimum Gasteiger partial charge on any atom is -0.472 e. The molecule has 13 heteroatoms. The summed E-state index contributed by atoms with van der Waals surface area (Å²) in [5.74, 6) is -0.877. The van der Waals surface area contributed by atoms with E-state index in [1.165, 1.54) is 23.6 Å². The molecule has 3 atom stereocenters. The van der Waals surface area contributed by atoms with Crippen molar-refractivity contribution in [3.05, 3.63) is 76.5 Å². The molecule has 1 aliphatic heterocycles. The summed E-state index contributed by atoms with van der Waals surface area (Å²) in [6.45, 7) is 10.5. The van der Waals surface area contributed by atoms with Crippen molar-refractivity contribution in [3.63, 3.8) is 0 Å². The van der Waals surface area contributed by atoms with Gasteiger partial charge in [-0.1, -0.05) is 36.4 Å². The third-order valence-corrected chi connectivity index (χ3v) is 10.5. The maximum absolute atomic E-state index is 13.9. The number of sulfonamides is 1. The molecule has 0 aliphatic carbocycles. The predicted octanol–water partition coefficient (Wildman–Crippen LogP) is 3.60. The van der Waals surface area contributed by atoms with E-state index in [1.807, 2.05) is 62.7 Å². The molecule has 0 saturated carbocycles. The maximum Gasteiger partial charge on any atom is 0.248 e. The second-order valence-electron chi connectivity index (χ2n) is 11.7. The first kappa shape index (κ1) is 33.0. The number of nitrogens with zero attached hydrogens (tertiary/aromatic N) is 5. The summed E-state index contributed by atoms with van der Waals surface area (Å²) in [6.07, 6.45) is 1.83. The van der Waals surface area contributed by atoms with Gasteiger partial charge < -0.3 is 15.4 Å². The number of benzene rings is 2. The molecule has 1 aliphatic rings. The van der Waals surface area contributed by atoms with Gasteiger partial charge >= 0.3 is 0 Å². The standard InChI is InChI=1S/C33H41N7O5S/c1-7-25-19-39(46(43,44)29-10-9-15-35-33(29)45-25)18-24-16-23(12-11-20(24)3)27(17-30(41)36-22(5)32(42)34-6)26-13-14-28-31(21(26)4)37-38-40(28)8-2/h9-16,22,25,27H,7-8,17-19H2,1-6H3,(H,34,42)(H,36,41)/t22?,25-,27+/m1/s1. The van der Waals surface area contributed by atoms with E-state index in [-0.39, 0.29) is 48.2 Å². The first-order valence-electron chi connectivity index (χ1n) is 15.5. The van der Waals surface area contributed by atoms with Gasteiger partial charge in [-0.25, -0.2) is 18.1 Å². The van der Waals surface area contributed by atoms with Gasteiger partial charge in [0.1, 0.15) is 22.6 Å². The van der Waals surface area contributed by atoms with E-state index < -0.39 is 22.0 Å². The van der Waals surface area contributed by atoms with Gasteiger partial charge in [0.2, 0.25) is 27.7 Å². The molecule has 0 spiro atoms. The van der Waals surface area contributed by atoms with Gasteiger partial charge in [-0.2, -0.15) is 4.31 Å². The molecule has 5 rings (SSSR count). The molecule has 0 saturated heterocycles. The van der Waals surface area contributed by atoms with E-state index in [0.717, 1.165) is 38.9 Å². The number of aromatic nitrogens is 4. The fraction of sp³-hybridized carbons (Fsp3) is 0.424. The molecule has 244 valence electrons. The molecule has 3 heterocycles. The molecule has 12 nitrogen and oxygen atoms in total. The zero-order valence-corrected chi connectivity index (χ0v) is 27.9. The molecule has 0 bridgehead atoms. The van der Waals surface area contributed by atoms with E-state index in [9.17, 15) is 18.0 Å². The zero-order chi connectivity index (χ0) is 33.2. The van der Waals surface area contributed by atoms with Crippen LogP contribution in [0.2, 0.25) is 0 Å². The van der Waals surface area contributed by atoms with Crippen LogP contribution in [-0.4, -0.2) is 70.3 Å². The summed E-state index contributed by atoms with van der Waals surface area (Å²) in [5.41, 5.74) is 6.02. The normalized spacial score (nSPS) is 17.4. The number of carbonyl (C=O) groups excluding carboxylic acids is 2. The van der Waals surface area contributed by atoms with Crippen molar-refractivity contribution in [2.24, 2.45) is 0 Å². The number of aryl methyl sites for hydroxylation is 3. The Kier molecular flexibility index (Phi) is 9.73. The lowest BCUT2D eigenvalue weighted by atomic mass is 9.84. The molecule has 0 fully saturated rings. The number of carbonyl (C=O) groups is 2. The second-order valence-corrected chi connectivity index (χ2v) is 13.6. The number of hydrogen-bond acceptors (Lipinski definition) is 8. The van der Waals surface area contributed by atoms with Crippen LogP contribution in [0.15, 0.2) is 53.6 Å².